The van der Waals surface area contributed by atoms with Crippen LogP contribution in [0.2, 0.25) is 0 Å². The molecule has 2 heterocycles. The summed E-state index contributed by atoms with van der Waals surface area (Å²) in [5.41, 5.74) is 5.99. The standard InChI is InChI=1S/C10H20N2O3S/c11-10(9-2-6-15-7-3-9)8-16(13,14)12-4-1-5-12/h9-10H,1-8,11H2. The van der Waals surface area contributed by atoms with E-state index in [0.29, 0.717) is 32.2 Å². The molecule has 0 bridgehead atoms. The molecule has 2 rings (SSSR count). The molecule has 1 atom stereocenters. The molecule has 1 unspecified atom stereocenters. The van der Waals surface area contributed by atoms with Crippen molar-refractivity contribution in [1.82, 2.24) is 4.31 Å². The van der Waals surface area contributed by atoms with Crippen molar-refractivity contribution < 1.29 is 13.2 Å². The highest BCUT2D eigenvalue weighted by Gasteiger charge is 2.32. The monoisotopic (exact) mass is 248 g/mol. The van der Waals surface area contributed by atoms with Crippen LogP contribution < -0.4 is 5.73 Å². The van der Waals surface area contributed by atoms with E-state index in [4.69, 9.17) is 10.5 Å². The van der Waals surface area contributed by atoms with Crippen molar-refractivity contribution >= 4 is 10.0 Å². The van der Waals surface area contributed by atoms with E-state index in [0.717, 1.165) is 19.3 Å². The van der Waals surface area contributed by atoms with Gasteiger partial charge in [-0.1, -0.05) is 0 Å². The molecule has 2 fully saturated rings. The van der Waals surface area contributed by atoms with Crippen LogP contribution in [0.25, 0.3) is 0 Å². The van der Waals surface area contributed by atoms with Gasteiger partial charge in [0.15, 0.2) is 0 Å². The molecule has 0 aliphatic carbocycles. The summed E-state index contributed by atoms with van der Waals surface area (Å²) in [5.74, 6) is 0.391. The third kappa shape index (κ3) is 2.74. The Bertz CT molecular complexity index is 321. The number of ether oxygens (including phenoxy) is 1. The minimum atomic E-state index is -3.10. The molecule has 0 spiro atoms. The van der Waals surface area contributed by atoms with E-state index in [-0.39, 0.29) is 11.8 Å². The smallest absolute Gasteiger partial charge is 0.215 e. The molecule has 16 heavy (non-hydrogen) atoms. The number of nitrogens with zero attached hydrogens (tertiary/aromatic N) is 1. The van der Waals surface area contributed by atoms with Crippen molar-refractivity contribution in [2.24, 2.45) is 11.7 Å². The van der Waals surface area contributed by atoms with Crippen LogP contribution in [-0.4, -0.2) is 50.8 Å². The van der Waals surface area contributed by atoms with Gasteiger partial charge < -0.3 is 10.5 Å². The number of nitrogens with two attached hydrogens (primary N) is 1. The molecule has 0 aromatic heterocycles. The van der Waals surface area contributed by atoms with E-state index in [1.54, 1.807) is 0 Å². The Hall–Kier alpha value is -0.170. The van der Waals surface area contributed by atoms with Crippen LogP contribution in [0.5, 0.6) is 0 Å². The van der Waals surface area contributed by atoms with Gasteiger partial charge >= 0.3 is 0 Å². The van der Waals surface area contributed by atoms with Gasteiger partial charge in [-0.3, -0.25) is 0 Å². The maximum Gasteiger partial charge on any atom is 0.215 e. The van der Waals surface area contributed by atoms with Crippen molar-refractivity contribution in [2.75, 3.05) is 32.1 Å². The van der Waals surface area contributed by atoms with Crippen LogP contribution in [0.1, 0.15) is 19.3 Å². The fourth-order valence-corrected chi connectivity index (χ4v) is 3.98. The molecule has 0 amide bonds. The predicted octanol–water partition coefficient (Wildman–Crippen LogP) is -0.224. The summed E-state index contributed by atoms with van der Waals surface area (Å²) < 4.78 is 30.5. The van der Waals surface area contributed by atoms with Gasteiger partial charge in [0, 0.05) is 32.3 Å². The first-order chi connectivity index (χ1) is 7.59. The van der Waals surface area contributed by atoms with E-state index in [2.05, 4.69) is 0 Å². The molecule has 0 saturated carbocycles. The minimum absolute atomic E-state index is 0.0949. The molecular formula is C10H20N2O3S. The van der Waals surface area contributed by atoms with Gasteiger partial charge in [0.25, 0.3) is 0 Å². The zero-order valence-corrected chi connectivity index (χ0v) is 10.3. The Morgan fingerprint density at radius 2 is 1.94 bits per heavy atom. The van der Waals surface area contributed by atoms with Crippen LogP contribution >= 0.6 is 0 Å². The average molecular weight is 248 g/mol. The Morgan fingerprint density at radius 1 is 1.31 bits per heavy atom. The zero-order chi connectivity index (χ0) is 11.6. The van der Waals surface area contributed by atoms with Crippen LogP contribution in [0.3, 0.4) is 0 Å². The van der Waals surface area contributed by atoms with Gasteiger partial charge in [-0.2, -0.15) is 0 Å². The third-order valence-electron chi connectivity index (χ3n) is 3.48. The molecular weight excluding hydrogens is 228 g/mol. The molecule has 2 aliphatic rings. The fraction of sp³-hybridized carbons (Fsp3) is 1.00. The summed E-state index contributed by atoms with van der Waals surface area (Å²) in [4.78, 5) is 0. The maximum absolute atomic E-state index is 11.9. The third-order valence-corrected chi connectivity index (χ3v) is 5.44. The van der Waals surface area contributed by atoms with Crippen molar-refractivity contribution in [1.29, 1.82) is 0 Å². The highest BCUT2D eigenvalue weighted by atomic mass is 32.2. The Labute approximate surface area is 97.0 Å². The van der Waals surface area contributed by atoms with Crippen LogP contribution in [0.4, 0.5) is 0 Å². The van der Waals surface area contributed by atoms with Gasteiger partial charge in [0.05, 0.1) is 5.75 Å². The van der Waals surface area contributed by atoms with Crippen molar-refractivity contribution in [3.05, 3.63) is 0 Å². The first kappa shape index (κ1) is 12.3. The SMILES string of the molecule is NC(CS(=O)(=O)N1CCC1)C1CCOCC1. The first-order valence-electron chi connectivity index (χ1n) is 5.91. The van der Waals surface area contributed by atoms with Crippen LogP contribution in [-0.2, 0) is 14.8 Å². The average Bonchev–Trinajstić information content (AvgIpc) is 2.14. The topological polar surface area (TPSA) is 72.6 Å². The van der Waals surface area contributed by atoms with E-state index >= 15 is 0 Å². The largest absolute Gasteiger partial charge is 0.381 e. The van der Waals surface area contributed by atoms with Gasteiger partial charge in [-0.25, -0.2) is 12.7 Å². The fourth-order valence-electron chi connectivity index (χ4n) is 2.19. The summed E-state index contributed by atoms with van der Waals surface area (Å²) in [5, 5.41) is 0. The lowest BCUT2D eigenvalue weighted by Crippen LogP contribution is -2.48. The first-order valence-corrected chi connectivity index (χ1v) is 7.51. The Morgan fingerprint density at radius 3 is 2.44 bits per heavy atom. The van der Waals surface area contributed by atoms with Crippen LogP contribution in [0.15, 0.2) is 0 Å². The van der Waals surface area contributed by atoms with Gasteiger partial charge in [-0.15, -0.1) is 0 Å². The second-order valence-electron chi connectivity index (χ2n) is 4.64. The quantitative estimate of drug-likeness (QED) is 0.746. The summed E-state index contributed by atoms with van der Waals surface area (Å²) in [7, 11) is -3.10. The summed E-state index contributed by atoms with van der Waals surface area (Å²) in [6.45, 7) is 2.76. The normalized spacial score (nSPS) is 26.3. The molecule has 6 heteroatoms. The van der Waals surface area contributed by atoms with Gasteiger partial charge in [-0.05, 0) is 25.2 Å². The highest BCUT2D eigenvalue weighted by molar-refractivity contribution is 7.89. The van der Waals surface area contributed by atoms with E-state index in [1.807, 2.05) is 0 Å². The van der Waals surface area contributed by atoms with Crippen molar-refractivity contribution in [3.8, 4) is 0 Å². The second-order valence-corrected chi connectivity index (χ2v) is 6.66. The second kappa shape index (κ2) is 5.00. The lowest BCUT2D eigenvalue weighted by molar-refractivity contribution is 0.0604. The number of rotatable bonds is 4. The summed E-state index contributed by atoms with van der Waals surface area (Å²) >= 11 is 0. The Kier molecular flexibility index (Phi) is 3.84. The lowest BCUT2D eigenvalue weighted by atomic mass is 9.94. The molecule has 5 nitrogen and oxygen atoms in total. The van der Waals surface area contributed by atoms with Gasteiger partial charge in [0.2, 0.25) is 10.0 Å². The van der Waals surface area contributed by atoms with Crippen molar-refractivity contribution in [3.63, 3.8) is 0 Å². The van der Waals surface area contributed by atoms with E-state index < -0.39 is 10.0 Å². The van der Waals surface area contributed by atoms with Crippen molar-refractivity contribution in [2.45, 2.75) is 25.3 Å². The maximum atomic E-state index is 11.9. The van der Waals surface area contributed by atoms with Crippen LogP contribution in [0, 0.1) is 5.92 Å². The van der Waals surface area contributed by atoms with Gasteiger partial charge in [0.1, 0.15) is 0 Å². The minimum Gasteiger partial charge on any atom is -0.381 e. The number of sulfonamides is 1. The molecule has 0 aromatic rings. The Balaban J connectivity index is 1.87. The molecule has 2 aliphatic heterocycles. The highest BCUT2D eigenvalue weighted by Crippen LogP contribution is 2.21. The van der Waals surface area contributed by atoms with E-state index in [9.17, 15) is 8.42 Å². The molecule has 0 radical (unpaired) electrons. The molecule has 2 saturated heterocycles. The molecule has 0 aromatic carbocycles. The lowest BCUT2D eigenvalue weighted by Gasteiger charge is -2.33. The zero-order valence-electron chi connectivity index (χ0n) is 9.47. The molecule has 94 valence electrons. The predicted molar refractivity (Wildman–Crippen MR) is 61.5 cm³/mol. The number of hydrogen-bond donors (Lipinski definition) is 1. The summed E-state index contributed by atoms with van der Waals surface area (Å²) in [6, 6.07) is -0.241. The summed E-state index contributed by atoms with van der Waals surface area (Å²) in [6.07, 6.45) is 2.75. The molecule has 2 N–H and O–H groups in total. The number of hydrogen-bond acceptors (Lipinski definition) is 4. The van der Waals surface area contributed by atoms with E-state index in [1.165, 1.54) is 4.31 Å².